The van der Waals surface area contributed by atoms with Crippen LogP contribution in [0.4, 0.5) is 0 Å². The van der Waals surface area contributed by atoms with Crippen LogP contribution in [0.3, 0.4) is 0 Å². The lowest BCUT2D eigenvalue weighted by Crippen LogP contribution is -2.57. The van der Waals surface area contributed by atoms with Gasteiger partial charge in [0.05, 0.1) is 6.54 Å². The molecule has 0 saturated heterocycles. The molecule has 33 heavy (non-hydrogen) atoms. The van der Waals surface area contributed by atoms with Gasteiger partial charge in [-0.15, -0.1) is 0 Å². The number of carboxylic acids is 1. The summed E-state index contributed by atoms with van der Waals surface area (Å²) in [5.41, 5.74) is 0.756. The summed E-state index contributed by atoms with van der Waals surface area (Å²) in [6.45, 7) is 5.29. The highest BCUT2D eigenvalue weighted by Gasteiger charge is 2.38. The third kappa shape index (κ3) is 8.40. The quantitative estimate of drug-likeness (QED) is 0.468. The summed E-state index contributed by atoms with van der Waals surface area (Å²) in [4.78, 5) is 53.7. The molecule has 0 aromatic heterocycles. The molecule has 1 heterocycles. The highest BCUT2D eigenvalue weighted by molar-refractivity contribution is 7.39. The van der Waals surface area contributed by atoms with Crippen LogP contribution < -0.4 is 10.2 Å². The van der Waals surface area contributed by atoms with Gasteiger partial charge >= 0.3 is 5.97 Å². The molecular formula is C22H30N5O5P. The number of rotatable bonds is 11. The van der Waals surface area contributed by atoms with Crippen LogP contribution in [0.2, 0.25) is 0 Å². The Kier molecular flexibility index (Phi) is 10.2. The maximum absolute atomic E-state index is 13.7. The number of aliphatic imine (C=N–C) groups is 1. The highest BCUT2D eigenvalue weighted by atomic mass is 31.1. The van der Waals surface area contributed by atoms with E-state index in [0.29, 0.717) is 0 Å². The first-order chi connectivity index (χ1) is 15.7. The summed E-state index contributed by atoms with van der Waals surface area (Å²) in [5, 5.41) is 15.2. The molecule has 1 aromatic carbocycles. The number of carbonyl (C=O) groups is 3. The lowest BCUT2D eigenvalue weighted by atomic mass is 10.0. The number of hydrogen-bond donors (Lipinski definition) is 2. The van der Waals surface area contributed by atoms with Crippen LogP contribution in [-0.2, 0) is 20.8 Å². The number of benzene rings is 1. The molecule has 1 aliphatic rings. The summed E-state index contributed by atoms with van der Waals surface area (Å²) in [7, 11) is -2.26. The molecule has 0 bridgehead atoms. The maximum Gasteiger partial charge on any atom is 0.328 e. The number of amides is 2. The molecule has 11 heteroatoms. The number of nitrogens with one attached hydrogen (secondary N) is 1. The van der Waals surface area contributed by atoms with Gasteiger partial charge in [0.2, 0.25) is 5.91 Å². The van der Waals surface area contributed by atoms with Crippen molar-refractivity contribution in [3.63, 3.8) is 0 Å². The Bertz CT molecular complexity index is 919. The minimum Gasteiger partial charge on any atom is -0.611 e. The fourth-order valence-corrected chi connectivity index (χ4v) is 4.22. The molecule has 10 nitrogen and oxygen atoms in total. The van der Waals surface area contributed by atoms with E-state index in [-0.39, 0.29) is 37.5 Å². The first-order valence-corrected chi connectivity index (χ1v) is 12.0. The van der Waals surface area contributed by atoms with Crippen LogP contribution in [-0.4, -0.2) is 64.0 Å². The largest absolute Gasteiger partial charge is 0.611 e. The van der Waals surface area contributed by atoms with E-state index in [1.54, 1.807) is 30.5 Å². The highest BCUT2D eigenvalue weighted by Crippen LogP contribution is 2.24. The fourth-order valence-electron chi connectivity index (χ4n) is 3.27. The van der Waals surface area contributed by atoms with Gasteiger partial charge in [-0.2, -0.15) is 0 Å². The van der Waals surface area contributed by atoms with Crippen LogP contribution in [0.5, 0.6) is 0 Å². The van der Waals surface area contributed by atoms with E-state index in [1.165, 1.54) is 29.3 Å². The molecule has 0 radical (unpaired) electrons. The number of aliphatic carboxylic acids is 1. The van der Waals surface area contributed by atoms with Gasteiger partial charge in [-0.05, 0) is 17.9 Å². The Hall–Kier alpha value is -3.10. The Morgan fingerprint density at radius 3 is 2.55 bits per heavy atom. The van der Waals surface area contributed by atoms with Gasteiger partial charge in [0.1, 0.15) is 0 Å². The molecule has 2 N–H and O–H groups in total. The van der Waals surface area contributed by atoms with Gasteiger partial charge in [0.25, 0.3) is 5.91 Å². The molecule has 1 aromatic rings. The zero-order chi connectivity index (χ0) is 24.4. The van der Waals surface area contributed by atoms with Crippen molar-refractivity contribution in [1.82, 2.24) is 15.3 Å². The predicted octanol–water partition coefficient (Wildman–Crippen LogP) is 1.73. The number of carbonyl (C=O) groups excluding carboxylic acids is 2. The van der Waals surface area contributed by atoms with Gasteiger partial charge in [-0.25, -0.2) is 9.80 Å². The molecule has 0 spiro atoms. The second-order valence-electron chi connectivity index (χ2n) is 7.98. The molecule has 0 saturated carbocycles. The van der Waals surface area contributed by atoms with Gasteiger partial charge in [-0.3, -0.25) is 19.6 Å². The van der Waals surface area contributed by atoms with Gasteiger partial charge in [-0.1, -0.05) is 48.9 Å². The van der Waals surface area contributed by atoms with Crippen molar-refractivity contribution in [2.24, 2.45) is 15.7 Å². The number of hydrazine groups is 1. The third-order valence-electron chi connectivity index (χ3n) is 4.76. The van der Waals surface area contributed by atoms with E-state index in [4.69, 9.17) is 0 Å². The Balaban J connectivity index is 2.43. The second-order valence-corrected chi connectivity index (χ2v) is 9.23. The van der Waals surface area contributed by atoms with E-state index in [0.717, 1.165) is 5.56 Å². The van der Waals surface area contributed by atoms with E-state index in [2.05, 4.69) is 15.1 Å². The van der Waals surface area contributed by atoms with Crippen LogP contribution in [0.25, 0.3) is 0 Å². The zero-order valence-electron chi connectivity index (χ0n) is 19.0. The number of hydrogen-bond acceptors (Lipinski definition) is 7. The minimum atomic E-state index is -2.26. The van der Waals surface area contributed by atoms with E-state index in [9.17, 15) is 24.4 Å². The first kappa shape index (κ1) is 26.2. The average Bonchev–Trinajstić information content (AvgIpc) is 2.77. The van der Waals surface area contributed by atoms with Crippen LogP contribution in [0, 0.1) is 5.92 Å². The lowest BCUT2D eigenvalue weighted by Gasteiger charge is -2.39. The van der Waals surface area contributed by atoms with E-state index >= 15 is 0 Å². The summed E-state index contributed by atoms with van der Waals surface area (Å²) in [6, 6.07) is 6.78. The SMILES string of the molecule is CC(=O)NC[P+]([O-])=N[C@@H](CC(C)C)C(=O)N([C@@H](Cc1ccccc1)C(=O)O)N1C=CN=CC1. The van der Waals surface area contributed by atoms with Gasteiger partial charge in [0.15, 0.2) is 26.3 Å². The summed E-state index contributed by atoms with van der Waals surface area (Å²) >= 11 is 0. The number of nitrogens with zero attached hydrogens (tertiary/aromatic N) is 4. The molecule has 0 aliphatic carbocycles. The van der Waals surface area contributed by atoms with Crippen molar-refractivity contribution in [3.05, 3.63) is 48.3 Å². The summed E-state index contributed by atoms with van der Waals surface area (Å²) in [6.07, 6.45) is 4.73. The van der Waals surface area contributed by atoms with Crippen LogP contribution >= 0.6 is 7.94 Å². The molecule has 2 rings (SSSR count). The average molecular weight is 475 g/mol. The topological polar surface area (TPSA) is 138 Å². The van der Waals surface area contributed by atoms with Crippen molar-refractivity contribution in [1.29, 1.82) is 0 Å². The number of carboxylic acid groups (broad SMARTS) is 1. The van der Waals surface area contributed by atoms with Crippen molar-refractivity contribution in [2.75, 3.05) is 12.8 Å². The standard InChI is InChI=1S/C22H30N5O5P/c1-16(2)13-19(25-33(32)15-24-17(3)28)21(29)27(26-11-9-23-10-12-26)20(22(30)31)14-18-7-5-4-6-8-18/h4-11,16,19-20H,12-15H2,1-3H3,(H,24,28)(H,30,31)/t19-,20-/m0/s1. The van der Waals surface area contributed by atoms with Crippen molar-refractivity contribution in [3.8, 4) is 0 Å². The van der Waals surface area contributed by atoms with Gasteiger partial charge in [0, 0.05) is 32.0 Å². The molecule has 178 valence electrons. The normalized spacial score (nSPS) is 15.3. The Morgan fingerprint density at radius 2 is 2.00 bits per heavy atom. The van der Waals surface area contributed by atoms with Gasteiger partial charge < -0.3 is 15.3 Å². The minimum absolute atomic E-state index is 0.0320. The van der Waals surface area contributed by atoms with Crippen molar-refractivity contribution < 1.29 is 24.4 Å². The molecule has 1 unspecified atom stereocenters. The Morgan fingerprint density at radius 1 is 1.30 bits per heavy atom. The van der Waals surface area contributed by atoms with Crippen molar-refractivity contribution in [2.45, 2.75) is 45.7 Å². The predicted molar refractivity (Wildman–Crippen MR) is 124 cm³/mol. The molecule has 2 amide bonds. The molecule has 0 fully saturated rings. The second kappa shape index (κ2) is 12.8. The monoisotopic (exact) mass is 475 g/mol. The third-order valence-corrected chi connectivity index (χ3v) is 5.73. The molecule has 3 atom stereocenters. The smallest absolute Gasteiger partial charge is 0.328 e. The van der Waals surface area contributed by atoms with E-state index < -0.39 is 31.9 Å². The van der Waals surface area contributed by atoms with Crippen LogP contribution in [0.15, 0.2) is 52.5 Å². The maximum atomic E-state index is 13.7. The molecular weight excluding hydrogens is 445 g/mol. The van der Waals surface area contributed by atoms with Crippen LogP contribution in [0.1, 0.15) is 32.8 Å². The van der Waals surface area contributed by atoms with E-state index in [1.807, 2.05) is 19.9 Å². The first-order valence-electron chi connectivity index (χ1n) is 10.6. The Labute approximate surface area is 194 Å². The molecule has 1 aliphatic heterocycles. The van der Waals surface area contributed by atoms with Crippen molar-refractivity contribution >= 4 is 31.9 Å². The zero-order valence-corrected chi connectivity index (χ0v) is 19.9. The lowest BCUT2D eigenvalue weighted by molar-refractivity contribution is -0.165. The fraction of sp³-hybridized carbons (Fsp3) is 0.455. The summed E-state index contributed by atoms with van der Waals surface area (Å²) < 4.78 is 4.18. The summed E-state index contributed by atoms with van der Waals surface area (Å²) in [5.74, 6) is -2.06.